The standard InChI is InChI=1S/C21H15Cl2N5O5/c1-12-19(11-27-10-14(23)9-24-27)20(26-33-12)21(29)25-15-6-16(28(30)31)8-18(7-15)32-17-4-2-13(22)3-5-17/h2-10H,11H2,1H3,(H,25,29). The van der Waals surface area contributed by atoms with E-state index in [0.717, 1.165) is 0 Å². The lowest BCUT2D eigenvalue weighted by Gasteiger charge is -2.09. The van der Waals surface area contributed by atoms with Gasteiger partial charge in [-0.1, -0.05) is 28.4 Å². The van der Waals surface area contributed by atoms with Gasteiger partial charge in [-0.2, -0.15) is 5.10 Å². The number of non-ortho nitro benzene ring substituents is 1. The highest BCUT2D eigenvalue weighted by Gasteiger charge is 2.22. The van der Waals surface area contributed by atoms with Crippen LogP contribution >= 0.6 is 23.2 Å². The number of amides is 1. The molecule has 0 aliphatic heterocycles. The molecule has 0 unspecified atom stereocenters. The van der Waals surface area contributed by atoms with Crippen molar-refractivity contribution in [2.24, 2.45) is 0 Å². The molecule has 33 heavy (non-hydrogen) atoms. The maximum absolute atomic E-state index is 12.9. The third kappa shape index (κ3) is 5.30. The van der Waals surface area contributed by atoms with Crippen LogP contribution in [0.3, 0.4) is 0 Å². The van der Waals surface area contributed by atoms with Gasteiger partial charge in [-0.05, 0) is 31.2 Å². The number of benzene rings is 2. The Hall–Kier alpha value is -3.89. The highest BCUT2D eigenvalue weighted by atomic mass is 35.5. The van der Waals surface area contributed by atoms with Gasteiger partial charge in [-0.25, -0.2) is 0 Å². The first-order chi connectivity index (χ1) is 15.8. The minimum absolute atomic E-state index is 0.0193. The number of nitro groups is 1. The molecule has 0 aliphatic rings. The SMILES string of the molecule is Cc1onc(C(=O)Nc2cc(Oc3ccc(Cl)cc3)cc([N+](=O)[O-])c2)c1Cn1cc(Cl)cn1. The van der Waals surface area contributed by atoms with Gasteiger partial charge in [-0.3, -0.25) is 19.6 Å². The summed E-state index contributed by atoms with van der Waals surface area (Å²) in [5.41, 5.74) is 0.396. The van der Waals surface area contributed by atoms with Gasteiger partial charge in [0.15, 0.2) is 5.69 Å². The molecule has 2 heterocycles. The largest absolute Gasteiger partial charge is 0.457 e. The zero-order chi connectivity index (χ0) is 23.5. The summed E-state index contributed by atoms with van der Waals surface area (Å²) in [5, 5.41) is 22.9. The zero-order valence-corrected chi connectivity index (χ0v) is 18.5. The fourth-order valence-corrected chi connectivity index (χ4v) is 3.27. The molecule has 1 N–H and O–H groups in total. The number of aryl methyl sites for hydroxylation is 1. The fourth-order valence-electron chi connectivity index (χ4n) is 2.99. The molecule has 0 saturated carbocycles. The molecular weight excluding hydrogens is 473 g/mol. The minimum atomic E-state index is -0.613. The first kappa shape index (κ1) is 22.3. The van der Waals surface area contributed by atoms with Crippen molar-refractivity contribution in [1.29, 1.82) is 0 Å². The molecule has 0 fully saturated rings. The van der Waals surface area contributed by atoms with E-state index in [0.29, 0.717) is 27.1 Å². The minimum Gasteiger partial charge on any atom is -0.457 e. The van der Waals surface area contributed by atoms with Crippen molar-refractivity contribution in [3.05, 3.63) is 92.0 Å². The summed E-state index contributed by atoms with van der Waals surface area (Å²) in [4.78, 5) is 23.7. The van der Waals surface area contributed by atoms with Crippen LogP contribution in [0.25, 0.3) is 0 Å². The molecule has 0 radical (unpaired) electrons. The van der Waals surface area contributed by atoms with E-state index in [2.05, 4.69) is 15.6 Å². The predicted octanol–water partition coefficient (Wildman–Crippen LogP) is 5.49. The van der Waals surface area contributed by atoms with Crippen molar-refractivity contribution in [3.8, 4) is 11.5 Å². The van der Waals surface area contributed by atoms with Crippen LogP contribution in [0.5, 0.6) is 11.5 Å². The molecule has 10 nitrogen and oxygen atoms in total. The molecule has 2 aromatic heterocycles. The Bertz CT molecular complexity index is 1330. The molecule has 2 aromatic carbocycles. The van der Waals surface area contributed by atoms with Gasteiger partial charge in [0.1, 0.15) is 17.3 Å². The average molecular weight is 488 g/mol. The van der Waals surface area contributed by atoms with Gasteiger partial charge in [0, 0.05) is 28.9 Å². The molecular formula is C21H15Cl2N5O5. The Morgan fingerprint density at radius 2 is 1.94 bits per heavy atom. The lowest BCUT2D eigenvalue weighted by Crippen LogP contribution is -2.16. The highest BCUT2D eigenvalue weighted by molar-refractivity contribution is 6.30. The smallest absolute Gasteiger partial charge is 0.278 e. The number of aromatic nitrogens is 3. The number of ether oxygens (including phenoxy) is 1. The summed E-state index contributed by atoms with van der Waals surface area (Å²) < 4.78 is 12.4. The van der Waals surface area contributed by atoms with E-state index in [1.807, 2.05) is 0 Å². The molecule has 0 spiro atoms. The van der Waals surface area contributed by atoms with E-state index in [4.69, 9.17) is 32.5 Å². The number of carbonyl (C=O) groups excluding carboxylic acids is 1. The molecule has 0 saturated heterocycles. The lowest BCUT2D eigenvalue weighted by molar-refractivity contribution is -0.384. The van der Waals surface area contributed by atoms with Gasteiger partial charge >= 0.3 is 0 Å². The van der Waals surface area contributed by atoms with Crippen molar-refractivity contribution < 1.29 is 19.0 Å². The molecule has 0 atom stereocenters. The summed E-state index contributed by atoms with van der Waals surface area (Å²) in [6.07, 6.45) is 3.06. The number of nitrogens with one attached hydrogen (secondary N) is 1. The van der Waals surface area contributed by atoms with Crippen LogP contribution in [0.1, 0.15) is 21.8 Å². The number of carbonyl (C=O) groups is 1. The Morgan fingerprint density at radius 3 is 2.61 bits per heavy atom. The topological polar surface area (TPSA) is 125 Å². The molecule has 4 aromatic rings. The van der Waals surface area contributed by atoms with E-state index in [1.54, 1.807) is 37.4 Å². The van der Waals surface area contributed by atoms with Gasteiger partial charge in [-0.15, -0.1) is 0 Å². The van der Waals surface area contributed by atoms with Crippen molar-refractivity contribution in [2.75, 3.05) is 5.32 Å². The van der Waals surface area contributed by atoms with E-state index in [-0.39, 0.29) is 29.4 Å². The number of rotatable bonds is 7. The van der Waals surface area contributed by atoms with Crippen molar-refractivity contribution in [1.82, 2.24) is 14.9 Å². The Kier molecular flexibility index (Phi) is 6.29. The normalized spacial score (nSPS) is 10.8. The predicted molar refractivity (Wildman–Crippen MR) is 120 cm³/mol. The van der Waals surface area contributed by atoms with Gasteiger partial charge in [0.2, 0.25) is 0 Å². The summed E-state index contributed by atoms with van der Waals surface area (Å²) in [5.74, 6) is 0.393. The van der Waals surface area contributed by atoms with Gasteiger partial charge in [0.05, 0.1) is 34.4 Å². The number of anilines is 1. The summed E-state index contributed by atoms with van der Waals surface area (Å²) >= 11 is 11.8. The molecule has 0 aliphatic carbocycles. The van der Waals surface area contributed by atoms with Crippen LogP contribution in [-0.2, 0) is 6.54 Å². The highest BCUT2D eigenvalue weighted by Crippen LogP contribution is 2.31. The summed E-state index contributed by atoms with van der Waals surface area (Å²) in [6.45, 7) is 1.86. The van der Waals surface area contributed by atoms with Crippen molar-refractivity contribution >= 4 is 40.5 Å². The summed E-state index contributed by atoms with van der Waals surface area (Å²) in [6, 6.07) is 10.4. The number of hydrogen-bond acceptors (Lipinski definition) is 7. The monoisotopic (exact) mass is 487 g/mol. The Labute approximate surface area is 196 Å². The maximum atomic E-state index is 12.9. The van der Waals surface area contributed by atoms with Crippen LogP contribution in [0.15, 0.2) is 59.4 Å². The van der Waals surface area contributed by atoms with Crippen LogP contribution in [0.4, 0.5) is 11.4 Å². The second kappa shape index (κ2) is 9.31. The second-order valence-electron chi connectivity index (χ2n) is 6.90. The lowest BCUT2D eigenvalue weighted by atomic mass is 10.1. The number of nitrogens with zero attached hydrogens (tertiary/aromatic N) is 4. The maximum Gasteiger partial charge on any atom is 0.278 e. The number of halogens is 2. The average Bonchev–Trinajstić information content (AvgIpc) is 3.35. The Balaban J connectivity index is 1.59. The van der Waals surface area contributed by atoms with Crippen LogP contribution in [0, 0.1) is 17.0 Å². The first-order valence-corrected chi connectivity index (χ1v) is 10.2. The van der Waals surface area contributed by atoms with E-state index < -0.39 is 10.8 Å². The molecule has 12 heteroatoms. The third-order valence-electron chi connectivity index (χ3n) is 4.53. The quantitative estimate of drug-likeness (QED) is 0.269. The van der Waals surface area contributed by atoms with Gasteiger partial charge < -0.3 is 14.6 Å². The third-order valence-corrected chi connectivity index (χ3v) is 4.98. The first-order valence-electron chi connectivity index (χ1n) is 9.46. The van der Waals surface area contributed by atoms with E-state index in [1.165, 1.54) is 29.1 Å². The molecule has 4 rings (SSSR count). The van der Waals surface area contributed by atoms with Crippen molar-refractivity contribution in [3.63, 3.8) is 0 Å². The Morgan fingerprint density at radius 1 is 1.18 bits per heavy atom. The number of nitro benzene ring substituents is 1. The molecule has 0 bridgehead atoms. The fraction of sp³-hybridized carbons (Fsp3) is 0.0952. The van der Waals surface area contributed by atoms with Gasteiger partial charge in [0.25, 0.3) is 11.6 Å². The van der Waals surface area contributed by atoms with Crippen LogP contribution in [-0.4, -0.2) is 25.8 Å². The van der Waals surface area contributed by atoms with Crippen LogP contribution in [0.2, 0.25) is 10.0 Å². The number of hydrogen-bond donors (Lipinski definition) is 1. The summed E-state index contributed by atoms with van der Waals surface area (Å²) in [7, 11) is 0. The molecule has 168 valence electrons. The van der Waals surface area contributed by atoms with E-state index >= 15 is 0 Å². The zero-order valence-electron chi connectivity index (χ0n) is 17.0. The van der Waals surface area contributed by atoms with Crippen LogP contribution < -0.4 is 10.1 Å². The van der Waals surface area contributed by atoms with E-state index in [9.17, 15) is 14.9 Å². The second-order valence-corrected chi connectivity index (χ2v) is 7.78. The molecule has 1 amide bonds. The van der Waals surface area contributed by atoms with Crippen molar-refractivity contribution in [2.45, 2.75) is 13.5 Å².